The van der Waals surface area contributed by atoms with Crippen LogP contribution in [0.25, 0.3) is 0 Å². The van der Waals surface area contributed by atoms with Gasteiger partial charge in [0.1, 0.15) is 12.7 Å². The number of rotatable bonds is 10. The lowest BCUT2D eigenvalue weighted by Gasteiger charge is -2.03. The van der Waals surface area contributed by atoms with E-state index in [4.69, 9.17) is 5.11 Å². The van der Waals surface area contributed by atoms with Crippen LogP contribution in [-0.2, 0) is 0 Å². The average molecular weight is 240 g/mol. The van der Waals surface area contributed by atoms with Crippen LogP contribution in [-0.4, -0.2) is 22.9 Å². The Hall–Kier alpha value is -0.520. The largest absolute Gasteiger partial charge is 0.384 e. The van der Waals surface area contributed by atoms with Crippen molar-refractivity contribution in [2.75, 3.05) is 6.61 Å². The standard InChI is InChI=1S/C15H28O2/c1-2-3-4-5-6-7-8-9-10-12-15(17)13-11-14-16/h15-17H,2-10,12,14H2,1H3/t15-/m1/s1. The third-order valence-electron chi connectivity index (χ3n) is 2.93. The molecule has 0 saturated carbocycles. The first kappa shape index (κ1) is 16.5. The van der Waals surface area contributed by atoms with Crippen LogP contribution in [0.4, 0.5) is 0 Å². The highest BCUT2D eigenvalue weighted by Crippen LogP contribution is 2.11. The highest BCUT2D eigenvalue weighted by atomic mass is 16.3. The fraction of sp³-hybridized carbons (Fsp3) is 0.867. The maximum atomic E-state index is 9.40. The van der Waals surface area contributed by atoms with E-state index in [2.05, 4.69) is 18.8 Å². The minimum absolute atomic E-state index is 0.158. The van der Waals surface area contributed by atoms with Gasteiger partial charge in [0.2, 0.25) is 0 Å². The van der Waals surface area contributed by atoms with Gasteiger partial charge >= 0.3 is 0 Å². The van der Waals surface area contributed by atoms with E-state index >= 15 is 0 Å². The van der Waals surface area contributed by atoms with Gasteiger partial charge in [0, 0.05) is 0 Å². The molecule has 2 nitrogen and oxygen atoms in total. The van der Waals surface area contributed by atoms with E-state index < -0.39 is 6.10 Å². The molecule has 0 aromatic heterocycles. The molecule has 0 aliphatic rings. The molecule has 1 atom stereocenters. The minimum atomic E-state index is -0.549. The number of hydrogen-bond donors (Lipinski definition) is 2. The average Bonchev–Trinajstić information content (AvgIpc) is 2.34. The van der Waals surface area contributed by atoms with Crippen molar-refractivity contribution < 1.29 is 10.2 Å². The molecule has 0 fully saturated rings. The van der Waals surface area contributed by atoms with Crippen LogP contribution in [0, 0.1) is 11.8 Å². The molecule has 2 N–H and O–H groups in total. The number of unbranched alkanes of at least 4 members (excludes halogenated alkanes) is 8. The third-order valence-corrected chi connectivity index (χ3v) is 2.93. The van der Waals surface area contributed by atoms with Crippen molar-refractivity contribution in [1.82, 2.24) is 0 Å². The number of hydrogen-bond acceptors (Lipinski definition) is 2. The van der Waals surface area contributed by atoms with Gasteiger partial charge in [0.05, 0.1) is 0 Å². The van der Waals surface area contributed by atoms with Crippen LogP contribution in [0.3, 0.4) is 0 Å². The van der Waals surface area contributed by atoms with Crippen molar-refractivity contribution in [2.45, 2.75) is 77.2 Å². The molecule has 0 radical (unpaired) electrons. The van der Waals surface area contributed by atoms with E-state index in [0.717, 1.165) is 12.8 Å². The zero-order valence-electron chi connectivity index (χ0n) is 11.2. The quantitative estimate of drug-likeness (QED) is 0.454. The summed E-state index contributed by atoms with van der Waals surface area (Å²) < 4.78 is 0. The smallest absolute Gasteiger partial charge is 0.114 e. The van der Waals surface area contributed by atoms with E-state index in [1.807, 2.05) is 0 Å². The Bertz CT molecular complexity index is 203. The fourth-order valence-electron chi connectivity index (χ4n) is 1.88. The Kier molecular flexibility index (Phi) is 13.1. The van der Waals surface area contributed by atoms with Crippen molar-refractivity contribution in [3.05, 3.63) is 0 Å². The van der Waals surface area contributed by atoms with E-state index in [1.54, 1.807) is 0 Å². The van der Waals surface area contributed by atoms with Crippen molar-refractivity contribution in [1.29, 1.82) is 0 Å². The second kappa shape index (κ2) is 13.5. The summed E-state index contributed by atoms with van der Waals surface area (Å²) in [5.41, 5.74) is 0. The van der Waals surface area contributed by atoms with Crippen LogP contribution in [0.5, 0.6) is 0 Å². The summed E-state index contributed by atoms with van der Waals surface area (Å²) in [5.74, 6) is 5.10. The third kappa shape index (κ3) is 13.4. The summed E-state index contributed by atoms with van der Waals surface area (Å²) in [5, 5.41) is 17.9. The Morgan fingerprint density at radius 3 is 1.94 bits per heavy atom. The van der Waals surface area contributed by atoms with Gasteiger partial charge in [-0.05, 0) is 12.8 Å². The maximum absolute atomic E-state index is 9.40. The summed E-state index contributed by atoms with van der Waals surface area (Å²) in [4.78, 5) is 0. The molecule has 100 valence electrons. The normalized spacial score (nSPS) is 11.9. The topological polar surface area (TPSA) is 40.5 Å². The predicted octanol–water partition coefficient (Wildman–Crippen LogP) is 3.26. The summed E-state index contributed by atoms with van der Waals surface area (Å²) >= 11 is 0. The molecule has 0 unspecified atom stereocenters. The zero-order chi connectivity index (χ0) is 12.8. The Balaban J connectivity index is 3.13. The summed E-state index contributed by atoms with van der Waals surface area (Å²) in [6, 6.07) is 0. The highest BCUT2D eigenvalue weighted by molar-refractivity contribution is 5.04. The van der Waals surface area contributed by atoms with Gasteiger partial charge < -0.3 is 10.2 Å². The van der Waals surface area contributed by atoms with Crippen LogP contribution in [0.15, 0.2) is 0 Å². The molecule has 0 aromatic rings. The first-order valence-corrected chi connectivity index (χ1v) is 7.08. The zero-order valence-corrected chi connectivity index (χ0v) is 11.2. The number of aliphatic hydroxyl groups excluding tert-OH is 2. The second-order valence-corrected chi connectivity index (χ2v) is 4.61. The van der Waals surface area contributed by atoms with Crippen LogP contribution in [0.1, 0.15) is 71.1 Å². The lowest BCUT2D eigenvalue weighted by atomic mass is 10.1. The van der Waals surface area contributed by atoms with E-state index in [-0.39, 0.29) is 6.61 Å². The van der Waals surface area contributed by atoms with Gasteiger partial charge in [-0.1, -0.05) is 70.1 Å². The molecular weight excluding hydrogens is 212 g/mol. The second-order valence-electron chi connectivity index (χ2n) is 4.61. The van der Waals surface area contributed by atoms with Crippen LogP contribution >= 0.6 is 0 Å². The number of aliphatic hydroxyl groups is 2. The van der Waals surface area contributed by atoms with Gasteiger partial charge in [0.25, 0.3) is 0 Å². The van der Waals surface area contributed by atoms with Gasteiger partial charge in [-0.15, -0.1) is 0 Å². The Labute approximate surface area is 106 Å². The van der Waals surface area contributed by atoms with E-state index in [1.165, 1.54) is 51.4 Å². The van der Waals surface area contributed by atoms with Crippen LogP contribution in [0.2, 0.25) is 0 Å². The Morgan fingerprint density at radius 2 is 1.41 bits per heavy atom. The lowest BCUT2D eigenvalue weighted by Crippen LogP contribution is -2.02. The van der Waals surface area contributed by atoms with Crippen molar-refractivity contribution in [3.8, 4) is 11.8 Å². The predicted molar refractivity (Wildman–Crippen MR) is 72.7 cm³/mol. The lowest BCUT2D eigenvalue weighted by molar-refractivity contribution is 0.216. The van der Waals surface area contributed by atoms with Gasteiger partial charge in [-0.25, -0.2) is 0 Å². The molecule has 0 aromatic carbocycles. The Morgan fingerprint density at radius 1 is 0.882 bits per heavy atom. The van der Waals surface area contributed by atoms with Crippen LogP contribution < -0.4 is 0 Å². The molecule has 0 rings (SSSR count). The summed E-state index contributed by atoms with van der Waals surface area (Å²) in [7, 11) is 0. The molecule has 0 spiro atoms. The monoisotopic (exact) mass is 240 g/mol. The minimum Gasteiger partial charge on any atom is -0.384 e. The molecule has 0 aliphatic carbocycles. The summed E-state index contributed by atoms with van der Waals surface area (Å²) in [6.45, 7) is 2.08. The molecule has 17 heavy (non-hydrogen) atoms. The molecule has 2 heteroatoms. The molecule has 0 heterocycles. The molecule has 0 saturated heterocycles. The SMILES string of the molecule is CCCCCCCCCCC[C@@H](O)C#CCO. The van der Waals surface area contributed by atoms with E-state index in [9.17, 15) is 5.11 Å². The first-order valence-electron chi connectivity index (χ1n) is 7.08. The maximum Gasteiger partial charge on any atom is 0.114 e. The molecule has 0 aliphatic heterocycles. The molecular formula is C15H28O2. The molecule has 0 amide bonds. The van der Waals surface area contributed by atoms with Crippen molar-refractivity contribution in [2.24, 2.45) is 0 Å². The van der Waals surface area contributed by atoms with Gasteiger partial charge in [-0.2, -0.15) is 0 Å². The molecule has 0 bridgehead atoms. The fourth-order valence-corrected chi connectivity index (χ4v) is 1.88. The van der Waals surface area contributed by atoms with Crippen molar-refractivity contribution in [3.63, 3.8) is 0 Å². The summed E-state index contributed by atoms with van der Waals surface area (Å²) in [6.07, 6.45) is 11.8. The van der Waals surface area contributed by atoms with Crippen molar-refractivity contribution >= 4 is 0 Å². The first-order chi connectivity index (χ1) is 8.31. The van der Waals surface area contributed by atoms with Gasteiger partial charge in [0.15, 0.2) is 0 Å². The van der Waals surface area contributed by atoms with E-state index in [0.29, 0.717) is 0 Å². The highest BCUT2D eigenvalue weighted by Gasteiger charge is 1.98. The van der Waals surface area contributed by atoms with Gasteiger partial charge in [-0.3, -0.25) is 0 Å².